The van der Waals surface area contributed by atoms with Crippen molar-refractivity contribution < 1.29 is 23.5 Å². The van der Waals surface area contributed by atoms with Crippen LogP contribution < -0.4 is 14.8 Å². The number of nitrogens with one attached hydrogen (secondary N) is 1. The summed E-state index contributed by atoms with van der Waals surface area (Å²) in [5.74, 6) is -0.520. The third-order valence-electron chi connectivity index (χ3n) is 7.36. The van der Waals surface area contributed by atoms with Gasteiger partial charge in [0.2, 0.25) is 5.91 Å². The van der Waals surface area contributed by atoms with Gasteiger partial charge in [0.25, 0.3) is 5.91 Å². The number of carbonyl (C=O) groups excluding carboxylic acids is 2. The Bertz CT molecular complexity index is 1980. The van der Waals surface area contributed by atoms with E-state index in [0.717, 1.165) is 11.3 Å². The second-order valence-corrected chi connectivity index (χ2v) is 11.2. The molecule has 1 unspecified atom stereocenters. The molecule has 2 aromatic heterocycles. The Labute approximate surface area is 268 Å². The molecular formula is C34H29FN6O4S. The predicted octanol–water partition coefficient (Wildman–Crippen LogP) is 6.12. The molecule has 232 valence electrons. The Kier molecular flexibility index (Phi) is 8.97. The molecule has 4 aromatic carbocycles. The van der Waals surface area contributed by atoms with Crippen molar-refractivity contribution in [2.75, 3.05) is 19.5 Å². The van der Waals surface area contributed by atoms with Crippen molar-refractivity contribution in [3.8, 4) is 22.8 Å². The van der Waals surface area contributed by atoms with Crippen molar-refractivity contribution in [1.29, 1.82) is 0 Å². The van der Waals surface area contributed by atoms with E-state index in [1.807, 2.05) is 53.9 Å². The second-order valence-electron chi connectivity index (χ2n) is 10.3. The van der Waals surface area contributed by atoms with Gasteiger partial charge in [-0.05, 0) is 42.0 Å². The SMILES string of the molecule is COc1ccc(NC(=O)C(c2ccc(F)cc2)N(Cc2nc(-c3ccccc3)cs2)C(=O)Cn2nnc3ccccc32)c(OC)c1. The summed E-state index contributed by atoms with van der Waals surface area (Å²) in [6, 6.07) is 26.3. The number of hydrogen-bond donors (Lipinski definition) is 1. The maximum Gasteiger partial charge on any atom is 0.251 e. The van der Waals surface area contributed by atoms with Crippen LogP contribution in [0, 0.1) is 5.82 Å². The molecule has 0 aliphatic carbocycles. The third kappa shape index (κ3) is 6.57. The van der Waals surface area contributed by atoms with Gasteiger partial charge < -0.3 is 19.7 Å². The van der Waals surface area contributed by atoms with Crippen molar-refractivity contribution in [3.63, 3.8) is 0 Å². The molecule has 1 N–H and O–H groups in total. The van der Waals surface area contributed by atoms with Gasteiger partial charge in [-0.3, -0.25) is 9.59 Å². The van der Waals surface area contributed by atoms with E-state index in [9.17, 15) is 14.0 Å². The molecule has 6 rings (SSSR count). The van der Waals surface area contributed by atoms with Gasteiger partial charge in [-0.1, -0.05) is 59.8 Å². The Morgan fingerprint density at radius 3 is 2.48 bits per heavy atom. The first-order valence-corrected chi connectivity index (χ1v) is 15.2. The highest BCUT2D eigenvalue weighted by Gasteiger charge is 2.33. The van der Waals surface area contributed by atoms with Gasteiger partial charge in [-0.2, -0.15) is 0 Å². The number of halogens is 1. The number of aromatic nitrogens is 4. The first kappa shape index (κ1) is 30.4. The normalized spacial score (nSPS) is 11.6. The van der Waals surface area contributed by atoms with Crippen LogP contribution >= 0.6 is 11.3 Å². The van der Waals surface area contributed by atoms with Crippen molar-refractivity contribution in [2.45, 2.75) is 19.1 Å². The van der Waals surface area contributed by atoms with Crippen molar-refractivity contribution in [3.05, 3.63) is 119 Å². The van der Waals surface area contributed by atoms with Crippen LogP contribution in [0.1, 0.15) is 16.6 Å². The summed E-state index contributed by atoms with van der Waals surface area (Å²) < 4.78 is 26.4. The standard InChI is InChI=1S/C34H29FN6O4S/c1-44-25-16-17-27(30(18-25)45-2)37-34(43)33(23-12-14-24(35)15-13-23)40(19-31-36-28(21-46-31)22-8-4-3-5-9-22)32(42)20-41-29-11-7-6-10-26(29)38-39-41/h3-18,21,33H,19-20H2,1-2H3,(H,37,43). The number of amides is 2. The van der Waals surface area contributed by atoms with E-state index >= 15 is 0 Å². The lowest BCUT2D eigenvalue weighted by Crippen LogP contribution is -2.42. The van der Waals surface area contributed by atoms with Crippen LogP contribution in [0.2, 0.25) is 0 Å². The Balaban J connectivity index is 1.40. The minimum atomic E-state index is -1.18. The number of carbonyl (C=O) groups is 2. The van der Waals surface area contributed by atoms with Gasteiger partial charge in [0.05, 0.1) is 37.7 Å². The molecule has 12 heteroatoms. The maximum absolute atomic E-state index is 14.3. The van der Waals surface area contributed by atoms with Crippen LogP contribution in [-0.2, 0) is 22.7 Å². The van der Waals surface area contributed by atoms with E-state index in [0.29, 0.717) is 38.8 Å². The van der Waals surface area contributed by atoms with Crippen LogP contribution in [0.15, 0.2) is 102 Å². The molecular weight excluding hydrogens is 607 g/mol. The van der Waals surface area contributed by atoms with Crippen molar-refractivity contribution in [2.24, 2.45) is 0 Å². The van der Waals surface area contributed by atoms with Crippen molar-refractivity contribution >= 4 is 39.9 Å². The second kappa shape index (κ2) is 13.6. The van der Waals surface area contributed by atoms with Gasteiger partial charge in [-0.15, -0.1) is 16.4 Å². The minimum Gasteiger partial charge on any atom is -0.497 e. The highest BCUT2D eigenvalue weighted by atomic mass is 32.1. The van der Waals surface area contributed by atoms with Crippen LogP contribution in [0.3, 0.4) is 0 Å². The molecule has 10 nitrogen and oxygen atoms in total. The Hall–Kier alpha value is -5.62. The predicted molar refractivity (Wildman–Crippen MR) is 173 cm³/mol. The summed E-state index contributed by atoms with van der Waals surface area (Å²) in [5, 5.41) is 13.8. The fourth-order valence-corrected chi connectivity index (χ4v) is 5.87. The molecule has 0 bridgehead atoms. The molecule has 0 radical (unpaired) electrons. The van der Waals surface area contributed by atoms with Crippen LogP contribution in [0.5, 0.6) is 11.5 Å². The highest BCUT2D eigenvalue weighted by molar-refractivity contribution is 7.09. The summed E-state index contributed by atoms with van der Waals surface area (Å²) >= 11 is 1.38. The lowest BCUT2D eigenvalue weighted by molar-refractivity contribution is -0.140. The number of benzene rings is 4. The lowest BCUT2D eigenvalue weighted by Gasteiger charge is -2.31. The largest absolute Gasteiger partial charge is 0.497 e. The minimum absolute atomic E-state index is 0.00181. The topological polar surface area (TPSA) is 111 Å². The number of methoxy groups -OCH3 is 2. The van der Waals surface area contributed by atoms with Gasteiger partial charge in [0, 0.05) is 17.0 Å². The van der Waals surface area contributed by atoms with E-state index in [1.165, 1.54) is 59.4 Å². The Morgan fingerprint density at radius 1 is 0.957 bits per heavy atom. The summed E-state index contributed by atoms with van der Waals surface area (Å²) in [6.07, 6.45) is 0. The summed E-state index contributed by atoms with van der Waals surface area (Å²) in [7, 11) is 3.01. The van der Waals surface area contributed by atoms with Crippen LogP contribution in [-0.4, -0.2) is 50.9 Å². The van der Waals surface area contributed by atoms with Crippen LogP contribution in [0.25, 0.3) is 22.3 Å². The number of rotatable bonds is 11. The Morgan fingerprint density at radius 2 is 1.72 bits per heavy atom. The smallest absolute Gasteiger partial charge is 0.251 e. The number of ether oxygens (including phenoxy) is 2. The molecule has 2 amide bonds. The number of nitrogens with zero attached hydrogens (tertiary/aromatic N) is 5. The monoisotopic (exact) mass is 636 g/mol. The molecule has 0 aliphatic rings. The molecule has 6 aromatic rings. The molecule has 0 spiro atoms. The summed E-state index contributed by atoms with van der Waals surface area (Å²) in [5.41, 5.74) is 3.76. The lowest BCUT2D eigenvalue weighted by atomic mass is 10.0. The quantitative estimate of drug-likeness (QED) is 0.182. The number of thiazole rings is 1. The van der Waals surface area contributed by atoms with Crippen LogP contribution in [0.4, 0.5) is 10.1 Å². The van der Waals surface area contributed by atoms with Gasteiger partial charge in [0.15, 0.2) is 0 Å². The number of hydrogen-bond acceptors (Lipinski definition) is 8. The molecule has 46 heavy (non-hydrogen) atoms. The fourth-order valence-electron chi connectivity index (χ4n) is 5.07. The van der Waals surface area contributed by atoms with E-state index in [-0.39, 0.29) is 13.1 Å². The first-order valence-electron chi connectivity index (χ1n) is 14.3. The zero-order valence-electron chi connectivity index (χ0n) is 25.0. The zero-order valence-corrected chi connectivity index (χ0v) is 25.8. The summed E-state index contributed by atoms with van der Waals surface area (Å²) in [4.78, 5) is 34.8. The summed E-state index contributed by atoms with van der Waals surface area (Å²) in [6.45, 7) is -0.202. The molecule has 1 atom stereocenters. The molecule has 0 saturated heterocycles. The average Bonchev–Trinajstić information content (AvgIpc) is 3.73. The fraction of sp³-hybridized carbons (Fsp3) is 0.147. The molecule has 2 heterocycles. The van der Waals surface area contributed by atoms with E-state index in [2.05, 4.69) is 15.6 Å². The third-order valence-corrected chi connectivity index (χ3v) is 8.20. The van der Waals surface area contributed by atoms with Gasteiger partial charge >= 0.3 is 0 Å². The van der Waals surface area contributed by atoms with E-state index in [4.69, 9.17) is 14.5 Å². The maximum atomic E-state index is 14.3. The van der Waals surface area contributed by atoms with E-state index < -0.39 is 23.7 Å². The molecule has 0 saturated carbocycles. The zero-order chi connectivity index (χ0) is 32.0. The first-order chi connectivity index (χ1) is 22.4. The van der Waals surface area contributed by atoms with Gasteiger partial charge in [-0.25, -0.2) is 14.1 Å². The number of para-hydroxylation sites is 1. The average molecular weight is 637 g/mol. The van der Waals surface area contributed by atoms with Crippen molar-refractivity contribution in [1.82, 2.24) is 24.9 Å². The molecule has 0 aliphatic heterocycles. The van der Waals surface area contributed by atoms with E-state index in [1.54, 1.807) is 24.3 Å². The molecule has 0 fully saturated rings. The van der Waals surface area contributed by atoms with Gasteiger partial charge in [0.1, 0.15) is 40.4 Å². The highest BCUT2D eigenvalue weighted by Crippen LogP contribution is 2.33. The number of anilines is 1. The number of fused-ring (bicyclic) bond motifs is 1.